The van der Waals surface area contributed by atoms with Gasteiger partial charge in [0.2, 0.25) is 0 Å². The lowest BCUT2D eigenvalue weighted by molar-refractivity contribution is 0.0697. The highest BCUT2D eigenvalue weighted by atomic mass is 35.5. The maximum absolute atomic E-state index is 10.9. The van der Waals surface area contributed by atoms with Crippen LogP contribution in [0.5, 0.6) is 0 Å². The number of carboxylic acids is 1. The predicted octanol–water partition coefficient (Wildman–Crippen LogP) is 3.41. The molecule has 1 aromatic heterocycles. The number of hydrogen-bond acceptors (Lipinski definition) is 2. The summed E-state index contributed by atoms with van der Waals surface area (Å²) in [5.41, 5.74) is 2.69. The van der Waals surface area contributed by atoms with Crippen LogP contribution in [0.4, 0.5) is 0 Å². The smallest absolute Gasteiger partial charge is 0.335 e. The molecule has 1 N–H and O–H groups in total. The van der Waals surface area contributed by atoms with E-state index in [9.17, 15) is 4.79 Å². The maximum Gasteiger partial charge on any atom is 0.335 e. The zero-order valence-corrected chi connectivity index (χ0v) is 9.90. The lowest BCUT2D eigenvalue weighted by atomic mass is 10.0. The Morgan fingerprint density at radius 3 is 2.59 bits per heavy atom. The molecule has 0 saturated carbocycles. The first-order chi connectivity index (χ1) is 8.06. The molecule has 0 atom stereocenters. The minimum atomic E-state index is -0.992. The molecule has 0 bridgehead atoms. The van der Waals surface area contributed by atoms with Crippen LogP contribution in [-0.2, 0) is 0 Å². The van der Waals surface area contributed by atoms with E-state index in [1.807, 2.05) is 19.1 Å². The average molecular weight is 248 g/mol. The van der Waals surface area contributed by atoms with Gasteiger partial charge in [0.15, 0.2) is 0 Å². The molecular weight excluding hydrogens is 238 g/mol. The Labute approximate surface area is 104 Å². The zero-order valence-electron chi connectivity index (χ0n) is 9.14. The number of hydrogen-bond donors (Lipinski definition) is 1. The third-order valence-corrected chi connectivity index (χ3v) is 2.61. The minimum absolute atomic E-state index is 0.174. The molecule has 0 amide bonds. The van der Waals surface area contributed by atoms with Gasteiger partial charge in [0.05, 0.1) is 5.56 Å². The van der Waals surface area contributed by atoms with Crippen molar-refractivity contribution in [3.05, 3.63) is 52.8 Å². The molecule has 0 unspecified atom stereocenters. The largest absolute Gasteiger partial charge is 0.478 e. The van der Waals surface area contributed by atoms with Gasteiger partial charge in [-0.25, -0.2) is 4.79 Å². The number of carboxylic acid groups (broad SMARTS) is 1. The van der Waals surface area contributed by atoms with Crippen molar-refractivity contribution in [2.45, 2.75) is 6.92 Å². The normalized spacial score (nSPS) is 10.2. The van der Waals surface area contributed by atoms with Crippen molar-refractivity contribution in [1.29, 1.82) is 0 Å². The Kier molecular flexibility index (Phi) is 3.11. The van der Waals surface area contributed by atoms with Crippen molar-refractivity contribution in [1.82, 2.24) is 4.98 Å². The summed E-state index contributed by atoms with van der Waals surface area (Å²) >= 11 is 5.89. The van der Waals surface area contributed by atoms with E-state index in [0.29, 0.717) is 5.02 Å². The molecular formula is C13H10ClNO2. The van der Waals surface area contributed by atoms with E-state index in [1.165, 1.54) is 6.07 Å². The van der Waals surface area contributed by atoms with Crippen LogP contribution in [0.2, 0.25) is 5.02 Å². The van der Waals surface area contributed by atoms with E-state index >= 15 is 0 Å². The Hall–Kier alpha value is -1.87. The topological polar surface area (TPSA) is 50.2 Å². The fraction of sp³-hybridized carbons (Fsp3) is 0.0769. The third-order valence-electron chi connectivity index (χ3n) is 2.39. The van der Waals surface area contributed by atoms with E-state index in [0.717, 1.165) is 16.8 Å². The van der Waals surface area contributed by atoms with E-state index in [2.05, 4.69) is 4.98 Å². The Morgan fingerprint density at radius 1 is 1.24 bits per heavy atom. The first-order valence-corrected chi connectivity index (χ1v) is 5.41. The summed E-state index contributed by atoms with van der Waals surface area (Å²) < 4.78 is 0. The van der Waals surface area contributed by atoms with Crippen LogP contribution in [0.3, 0.4) is 0 Å². The lowest BCUT2D eigenvalue weighted by Crippen LogP contribution is -1.96. The predicted molar refractivity (Wildman–Crippen MR) is 66.4 cm³/mol. The van der Waals surface area contributed by atoms with Crippen LogP contribution in [0, 0.1) is 6.92 Å². The number of aromatic carboxylic acids is 1. The highest BCUT2D eigenvalue weighted by Crippen LogP contribution is 2.24. The van der Waals surface area contributed by atoms with Gasteiger partial charge in [0.1, 0.15) is 0 Å². The quantitative estimate of drug-likeness (QED) is 0.885. The van der Waals surface area contributed by atoms with Gasteiger partial charge in [-0.2, -0.15) is 0 Å². The maximum atomic E-state index is 10.9. The second kappa shape index (κ2) is 4.55. The molecule has 0 radical (unpaired) electrons. The number of aryl methyl sites for hydroxylation is 1. The summed E-state index contributed by atoms with van der Waals surface area (Å²) in [5, 5.41) is 9.35. The second-order valence-electron chi connectivity index (χ2n) is 3.72. The molecule has 0 aliphatic rings. The van der Waals surface area contributed by atoms with Crippen molar-refractivity contribution in [3.8, 4) is 11.1 Å². The summed E-state index contributed by atoms with van der Waals surface area (Å²) in [4.78, 5) is 15.1. The van der Waals surface area contributed by atoms with Crippen LogP contribution >= 0.6 is 11.6 Å². The van der Waals surface area contributed by atoms with Crippen LogP contribution in [0.15, 0.2) is 36.5 Å². The highest BCUT2D eigenvalue weighted by Gasteiger charge is 2.07. The molecule has 0 aliphatic carbocycles. The molecule has 0 spiro atoms. The number of carbonyl (C=O) groups is 1. The average Bonchev–Trinajstić information content (AvgIpc) is 2.29. The molecule has 4 heteroatoms. The standard InChI is InChI=1S/C13H10ClNO2/c1-8-2-3-9(7-15-8)10-4-11(13(16)17)6-12(14)5-10/h2-7H,1H3,(H,16,17). The molecule has 1 aromatic carbocycles. The van der Waals surface area contributed by atoms with Crippen LogP contribution in [-0.4, -0.2) is 16.1 Å². The molecule has 86 valence electrons. The van der Waals surface area contributed by atoms with Crippen molar-refractivity contribution in [2.75, 3.05) is 0 Å². The molecule has 0 saturated heterocycles. The number of nitrogens with zero attached hydrogens (tertiary/aromatic N) is 1. The summed E-state index contributed by atoms with van der Waals surface area (Å²) in [7, 11) is 0. The van der Waals surface area contributed by atoms with Crippen molar-refractivity contribution in [2.24, 2.45) is 0 Å². The van der Waals surface area contributed by atoms with Gasteiger partial charge in [-0.05, 0) is 36.8 Å². The first kappa shape index (κ1) is 11.6. The fourth-order valence-electron chi connectivity index (χ4n) is 1.52. The number of rotatable bonds is 2. The monoisotopic (exact) mass is 247 g/mol. The molecule has 2 rings (SSSR count). The fourth-order valence-corrected chi connectivity index (χ4v) is 1.75. The third kappa shape index (κ3) is 2.63. The SMILES string of the molecule is Cc1ccc(-c2cc(Cl)cc(C(=O)O)c2)cn1. The molecule has 3 nitrogen and oxygen atoms in total. The minimum Gasteiger partial charge on any atom is -0.478 e. The lowest BCUT2D eigenvalue weighted by Gasteiger charge is -2.04. The zero-order chi connectivity index (χ0) is 12.4. The summed E-state index contributed by atoms with van der Waals surface area (Å²) in [6, 6.07) is 8.49. The Morgan fingerprint density at radius 2 is 2.00 bits per heavy atom. The van der Waals surface area contributed by atoms with Gasteiger partial charge in [-0.15, -0.1) is 0 Å². The first-order valence-electron chi connectivity index (χ1n) is 5.03. The van der Waals surface area contributed by atoms with E-state index in [1.54, 1.807) is 18.3 Å². The van der Waals surface area contributed by atoms with Crippen molar-refractivity contribution < 1.29 is 9.90 Å². The van der Waals surface area contributed by atoms with Crippen molar-refractivity contribution >= 4 is 17.6 Å². The number of pyridine rings is 1. The van der Waals surface area contributed by atoms with Gasteiger partial charge >= 0.3 is 5.97 Å². The summed E-state index contributed by atoms with van der Waals surface area (Å²) in [6.07, 6.45) is 1.70. The van der Waals surface area contributed by atoms with Gasteiger partial charge in [0.25, 0.3) is 0 Å². The number of halogens is 1. The number of benzene rings is 1. The molecule has 17 heavy (non-hydrogen) atoms. The van der Waals surface area contributed by atoms with Crippen LogP contribution in [0.25, 0.3) is 11.1 Å². The van der Waals surface area contributed by atoms with Gasteiger partial charge in [-0.1, -0.05) is 17.7 Å². The number of aromatic nitrogens is 1. The van der Waals surface area contributed by atoms with E-state index in [4.69, 9.17) is 16.7 Å². The van der Waals surface area contributed by atoms with E-state index < -0.39 is 5.97 Å². The van der Waals surface area contributed by atoms with Crippen molar-refractivity contribution in [3.63, 3.8) is 0 Å². The second-order valence-corrected chi connectivity index (χ2v) is 4.16. The van der Waals surface area contributed by atoms with Gasteiger partial charge in [0, 0.05) is 22.5 Å². The Balaban J connectivity index is 2.51. The molecule has 2 aromatic rings. The van der Waals surface area contributed by atoms with Gasteiger partial charge < -0.3 is 5.11 Å². The molecule has 0 fully saturated rings. The van der Waals surface area contributed by atoms with Crippen LogP contribution in [0.1, 0.15) is 16.1 Å². The van der Waals surface area contributed by atoms with Crippen LogP contribution < -0.4 is 0 Å². The molecule has 1 heterocycles. The summed E-state index contributed by atoms with van der Waals surface area (Å²) in [6.45, 7) is 1.89. The highest BCUT2D eigenvalue weighted by molar-refractivity contribution is 6.31. The Bertz CT molecular complexity index is 564. The summed E-state index contributed by atoms with van der Waals surface area (Å²) in [5.74, 6) is -0.992. The molecule has 0 aliphatic heterocycles. The van der Waals surface area contributed by atoms with Gasteiger partial charge in [-0.3, -0.25) is 4.98 Å². The van der Waals surface area contributed by atoms with E-state index in [-0.39, 0.29) is 5.56 Å².